The molecule has 1 aliphatic rings. The van der Waals surface area contributed by atoms with Crippen LogP contribution in [0.25, 0.3) is 0 Å². The van der Waals surface area contributed by atoms with Crippen molar-refractivity contribution < 1.29 is 23.9 Å². The van der Waals surface area contributed by atoms with Crippen LogP contribution in [0.1, 0.15) is 75.2 Å². The van der Waals surface area contributed by atoms with Crippen molar-refractivity contribution in [2.75, 3.05) is 0 Å². The number of ether oxygens (including phenoxy) is 2. The third-order valence-corrected chi connectivity index (χ3v) is 4.87. The van der Waals surface area contributed by atoms with E-state index in [0.29, 0.717) is 12.8 Å². The third-order valence-electron chi connectivity index (χ3n) is 4.72. The number of esters is 1. The summed E-state index contributed by atoms with van der Waals surface area (Å²) in [6, 6.07) is -1.73. The van der Waals surface area contributed by atoms with Crippen LogP contribution in [0.4, 0.5) is 4.79 Å². The maximum atomic E-state index is 13.3. The van der Waals surface area contributed by atoms with Crippen molar-refractivity contribution in [1.29, 1.82) is 0 Å². The van der Waals surface area contributed by atoms with Gasteiger partial charge in [-0.3, -0.25) is 9.69 Å². The number of hydrogen-bond acceptors (Lipinski definition) is 5. The molecule has 8 heteroatoms. The number of amides is 2. The topological polar surface area (TPSA) is 84.9 Å². The van der Waals surface area contributed by atoms with E-state index in [0.717, 1.165) is 0 Å². The Morgan fingerprint density at radius 3 is 2.06 bits per heavy atom. The summed E-state index contributed by atoms with van der Waals surface area (Å²) in [6.45, 7) is 16.2. The highest BCUT2D eigenvalue weighted by atomic mass is 35.5. The van der Waals surface area contributed by atoms with Gasteiger partial charge in [-0.15, -0.1) is 0 Å². The van der Waals surface area contributed by atoms with Gasteiger partial charge in [0.1, 0.15) is 17.2 Å². The monoisotopic (exact) mass is 458 g/mol. The van der Waals surface area contributed by atoms with Crippen LogP contribution in [-0.2, 0) is 19.1 Å². The standard InChI is InChI=1S/C23H39ClN2O5/c1-14(2)12-17(25-15(3)27)19-16(10-11-24)13-18(20(28)30-22(4,5)6)26(19)21(29)31-23(7,8)9/h10-11,14,16-19H,12-13H2,1-9H3,(H,25,27)/t16-,17-,18+,19+/m0/s1. The maximum Gasteiger partial charge on any atom is 0.411 e. The molecular weight excluding hydrogens is 420 g/mol. The predicted molar refractivity (Wildman–Crippen MR) is 122 cm³/mol. The molecule has 0 aromatic heterocycles. The van der Waals surface area contributed by atoms with Gasteiger partial charge in [0, 0.05) is 18.4 Å². The molecule has 2 amide bonds. The fraction of sp³-hybridized carbons (Fsp3) is 0.783. The molecule has 31 heavy (non-hydrogen) atoms. The number of carbonyl (C=O) groups is 3. The molecule has 0 unspecified atom stereocenters. The van der Waals surface area contributed by atoms with E-state index >= 15 is 0 Å². The van der Waals surface area contributed by atoms with E-state index in [1.54, 1.807) is 47.6 Å². The molecule has 0 aromatic carbocycles. The minimum Gasteiger partial charge on any atom is -0.458 e. The number of nitrogens with one attached hydrogen (secondary N) is 1. The SMILES string of the molecule is CC(=O)N[C@@H](CC(C)C)[C@H]1[C@@H](C=CCl)C[C@H](C(=O)OC(C)(C)C)N1C(=O)OC(C)(C)C. The second kappa shape index (κ2) is 10.7. The van der Waals surface area contributed by atoms with Crippen LogP contribution in [0, 0.1) is 11.8 Å². The van der Waals surface area contributed by atoms with Crippen molar-refractivity contribution in [1.82, 2.24) is 10.2 Å². The van der Waals surface area contributed by atoms with Crippen molar-refractivity contribution in [2.24, 2.45) is 11.8 Å². The summed E-state index contributed by atoms with van der Waals surface area (Å²) in [5, 5.41) is 2.98. The second-order valence-corrected chi connectivity index (χ2v) is 10.8. The lowest BCUT2D eigenvalue weighted by Crippen LogP contribution is -2.57. The van der Waals surface area contributed by atoms with Crippen molar-refractivity contribution in [3.8, 4) is 0 Å². The van der Waals surface area contributed by atoms with Gasteiger partial charge < -0.3 is 14.8 Å². The normalized spacial score (nSPS) is 23.2. The Balaban J connectivity index is 3.50. The van der Waals surface area contributed by atoms with Crippen LogP contribution in [0.15, 0.2) is 11.6 Å². The van der Waals surface area contributed by atoms with Crippen LogP contribution in [-0.4, -0.2) is 52.2 Å². The average Bonchev–Trinajstić information content (AvgIpc) is 2.90. The van der Waals surface area contributed by atoms with Gasteiger partial charge in [0.15, 0.2) is 0 Å². The van der Waals surface area contributed by atoms with Gasteiger partial charge in [0.2, 0.25) is 5.91 Å². The first-order valence-corrected chi connectivity index (χ1v) is 11.3. The number of hydrogen-bond donors (Lipinski definition) is 1. The van der Waals surface area contributed by atoms with E-state index in [1.807, 2.05) is 13.8 Å². The first-order valence-electron chi connectivity index (χ1n) is 10.8. The van der Waals surface area contributed by atoms with E-state index < -0.39 is 35.3 Å². The minimum absolute atomic E-state index is 0.205. The molecule has 0 aliphatic carbocycles. The Labute approximate surface area is 191 Å². The van der Waals surface area contributed by atoms with E-state index in [2.05, 4.69) is 5.32 Å². The second-order valence-electron chi connectivity index (χ2n) is 10.6. The van der Waals surface area contributed by atoms with E-state index in [1.165, 1.54) is 17.4 Å². The fourth-order valence-corrected chi connectivity index (χ4v) is 4.09. The summed E-state index contributed by atoms with van der Waals surface area (Å²) in [7, 11) is 0. The molecule has 1 rings (SSSR count). The molecular formula is C23H39ClN2O5. The molecule has 0 saturated carbocycles. The largest absolute Gasteiger partial charge is 0.458 e. The zero-order valence-electron chi connectivity index (χ0n) is 20.3. The smallest absolute Gasteiger partial charge is 0.411 e. The average molecular weight is 459 g/mol. The Hall–Kier alpha value is -1.76. The molecule has 4 atom stereocenters. The third kappa shape index (κ3) is 8.71. The molecule has 1 saturated heterocycles. The molecule has 1 heterocycles. The van der Waals surface area contributed by atoms with Crippen molar-refractivity contribution in [3.05, 3.63) is 11.6 Å². The Bertz CT molecular complexity index is 678. The van der Waals surface area contributed by atoms with E-state index in [-0.39, 0.29) is 23.8 Å². The van der Waals surface area contributed by atoms with Gasteiger partial charge in [-0.05, 0) is 60.3 Å². The lowest BCUT2D eigenvalue weighted by atomic mass is 9.88. The molecule has 0 radical (unpaired) electrons. The number of likely N-dealkylation sites (tertiary alicyclic amines) is 1. The fourth-order valence-electron chi connectivity index (χ4n) is 3.90. The zero-order chi connectivity index (χ0) is 24.1. The Kier molecular flexibility index (Phi) is 9.42. The van der Waals surface area contributed by atoms with Crippen molar-refractivity contribution >= 4 is 29.6 Å². The van der Waals surface area contributed by atoms with Gasteiger partial charge in [-0.2, -0.15) is 0 Å². The lowest BCUT2D eigenvalue weighted by Gasteiger charge is -2.38. The van der Waals surface area contributed by atoms with Crippen LogP contribution < -0.4 is 5.32 Å². The lowest BCUT2D eigenvalue weighted by molar-refractivity contribution is -0.160. The van der Waals surface area contributed by atoms with Crippen molar-refractivity contribution in [2.45, 2.75) is 104 Å². The highest BCUT2D eigenvalue weighted by Gasteiger charge is 2.51. The van der Waals surface area contributed by atoms with Gasteiger partial charge in [0.25, 0.3) is 0 Å². The number of halogens is 1. The predicted octanol–water partition coefficient (Wildman–Crippen LogP) is 4.63. The summed E-state index contributed by atoms with van der Waals surface area (Å²) in [5.41, 5.74) is -0.0632. The summed E-state index contributed by atoms with van der Waals surface area (Å²) in [6.07, 6.45) is 2.11. The van der Waals surface area contributed by atoms with Crippen LogP contribution in [0.5, 0.6) is 0 Å². The molecule has 7 nitrogen and oxygen atoms in total. The minimum atomic E-state index is -0.847. The molecule has 0 spiro atoms. The molecule has 0 bridgehead atoms. The van der Waals surface area contributed by atoms with Crippen LogP contribution in [0.3, 0.4) is 0 Å². The zero-order valence-corrected chi connectivity index (χ0v) is 21.1. The number of nitrogens with zero attached hydrogens (tertiary/aromatic N) is 1. The summed E-state index contributed by atoms with van der Waals surface area (Å²) >= 11 is 5.91. The Morgan fingerprint density at radius 1 is 1.10 bits per heavy atom. The molecule has 1 N–H and O–H groups in total. The summed E-state index contributed by atoms with van der Waals surface area (Å²) in [4.78, 5) is 39.8. The van der Waals surface area contributed by atoms with Crippen molar-refractivity contribution in [3.63, 3.8) is 0 Å². The Morgan fingerprint density at radius 2 is 1.65 bits per heavy atom. The quantitative estimate of drug-likeness (QED) is 0.586. The van der Waals surface area contributed by atoms with Gasteiger partial charge >= 0.3 is 12.1 Å². The van der Waals surface area contributed by atoms with E-state index in [9.17, 15) is 14.4 Å². The summed E-state index contributed by atoms with van der Waals surface area (Å²) < 4.78 is 11.3. The van der Waals surface area contributed by atoms with Gasteiger partial charge in [-0.25, -0.2) is 9.59 Å². The maximum absolute atomic E-state index is 13.3. The molecule has 0 aromatic rings. The van der Waals surface area contributed by atoms with E-state index in [4.69, 9.17) is 21.1 Å². The first-order chi connectivity index (χ1) is 14.1. The first kappa shape index (κ1) is 27.3. The molecule has 1 fully saturated rings. The highest BCUT2D eigenvalue weighted by Crippen LogP contribution is 2.37. The molecule has 1 aliphatic heterocycles. The van der Waals surface area contributed by atoms with Gasteiger partial charge in [0.05, 0.1) is 12.1 Å². The highest BCUT2D eigenvalue weighted by molar-refractivity contribution is 6.25. The van der Waals surface area contributed by atoms with Crippen LogP contribution >= 0.6 is 11.6 Å². The number of rotatable bonds is 6. The van der Waals surface area contributed by atoms with Gasteiger partial charge in [-0.1, -0.05) is 31.5 Å². The summed E-state index contributed by atoms with van der Waals surface area (Å²) in [5.74, 6) is -0.708. The number of carbonyl (C=O) groups excluding carboxylic acids is 3. The van der Waals surface area contributed by atoms with Crippen LogP contribution in [0.2, 0.25) is 0 Å². The molecule has 178 valence electrons.